The minimum atomic E-state index is -3.62. The van der Waals surface area contributed by atoms with Gasteiger partial charge < -0.3 is 9.84 Å². The quantitative estimate of drug-likeness (QED) is 0.905. The fourth-order valence-electron chi connectivity index (χ4n) is 1.95. The molecule has 0 aliphatic carbocycles. The summed E-state index contributed by atoms with van der Waals surface area (Å²) in [6.45, 7) is 1.10. The number of sulfonamides is 1. The van der Waals surface area contributed by atoms with Crippen molar-refractivity contribution in [1.82, 2.24) is 4.31 Å². The Hall–Kier alpha value is -0.960. The van der Waals surface area contributed by atoms with Crippen molar-refractivity contribution < 1.29 is 23.1 Å². The third kappa shape index (κ3) is 2.97. The summed E-state index contributed by atoms with van der Waals surface area (Å²) in [7, 11) is -2.09. The van der Waals surface area contributed by atoms with Crippen LogP contribution < -0.4 is 0 Å². The standard InChI is InChI=1S/C11H15NO5S2/c1-12(9-2-4-17-5-3-9)19(15,16)10-6-8(7-18-10)11(13)14/h6-7,9H,2-5H2,1H3,(H,13,14). The molecule has 0 saturated carbocycles. The van der Waals surface area contributed by atoms with E-state index in [1.54, 1.807) is 0 Å². The molecule has 1 aliphatic heterocycles. The molecule has 6 nitrogen and oxygen atoms in total. The van der Waals surface area contributed by atoms with Gasteiger partial charge >= 0.3 is 5.97 Å². The summed E-state index contributed by atoms with van der Waals surface area (Å²) in [4.78, 5) is 10.8. The van der Waals surface area contributed by atoms with Gasteiger partial charge in [-0.05, 0) is 18.9 Å². The molecule has 1 aliphatic rings. The van der Waals surface area contributed by atoms with Gasteiger partial charge in [-0.3, -0.25) is 0 Å². The Balaban J connectivity index is 2.22. The Morgan fingerprint density at radius 1 is 1.47 bits per heavy atom. The van der Waals surface area contributed by atoms with E-state index in [1.165, 1.54) is 22.8 Å². The van der Waals surface area contributed by atoms with E-state index in [1.807, 2.05) is 0 Å². The lowest BCUT2D eigenvalue weighted by molar-refractivity contribution is 0.0632. The Labute approximate surface area is 115 Å². The van der Waals surface area contributed by atoms with Crippen LogP contribution in [0.1, 0.15) is 23.2 Å². The van der Waals surface area contributed by atoms with Crippen LogP contribution in [0, 0.1) is 0 Å². The van der Waals surface area contributed by atoms with E-state index < -0.39 is 16.0 Å². The maximum Gasteiger partial charge on any atom is 0.336 e. The highest BCUT2D eigenvalue weighted by Crippen LogP contribution is 2.26. The fourth-order valence-corrected chi connectivity index (χ4v) is 4.70. The van der Waals surface area contributed by atoms with Crippen molar-refractivity contribution in [3.8, 4) is 0 Å². The third-order valence-electron chi connectivity index (χ3n) is 3.16. The lowest BCUT2D eigenvalue weighted by Crippen LogP contribution is -2.40. The van der Waals surface area contributed by atoms with E-state index in [2.05, 4.69) is 0 Å². The normalized spacial score (nSPS) is 17.8. The average Bonchev–Trinajstić information content (AvgIpc) is 2.89. The molecule has 1 saturated heterocycles. The van der Waals surface area contributed by atoms with Crippen LogP contribution in [-0.2, 0) is 14.8 Å². The first kappa shape index (κ1) is 14.4. The van der Waals surface area contributed by atoms with Crippen LogP contribution in [0.4, 0.5) is 0 Å². The SMILES string of the molecule is CN(C1CCOCC1)S(=O)(=O)c1cc(C(=O)O)cs1. The lowest BCUT2D eigenvalue weighted by Gasteiger charge is -2.29. The van der Waals surface area contributed by atoms with Gasteiger partial charge in [-0.1, -0.05) is 0 Å². The molecule has 0 radical (unpaired) electrons. The van der Waals surface area contributed by atoms with Gasteiger partial charge in [0.25, 0.3) is 10.0 Å². The molecule has 0 spiro atoms. The van der Waals surface area contributed by atoms with Gasteiger partial charge in [0.15, 0.2) is 0 Å². The van der Waals surface area contributed by atoms with Crippen molar-refractivity contribution in [2.75, 3.05) is 20.3 Å². The zero-order valence-corrected chi connectivity index (χ0v) is 12.0. The number of carbonyl (C=O) groups is 1. The van der Waals surface area contributed by atoms with Crippen molar-refractivity contribution in [3.63, 3.8) is 0 Å². The second kappa shape index (κ2) is 5.58. The summed E-state index contributed by atoms with van der Waals surface area (Å²) in [5.41, 5.74) is 0.00366. The van der Waals surface area contributed by atoms with Crippen molar-refractivity contribution >= 4 is 27.3 Å². The lowest BCUT2D eigenvalue weighted by atomic mass is 10.1. The Morgan fingerprint density at radius 2 is 2.11 bits per heavy atom. The average molecular weight is 305 g/mol. The highest BCUT2D eigenvalue weighted by Gasteiger charge is 2.30. The number of rotatable bonds is 4. The minimum absolute atomic E-state index is 0.00366. The predicted octanol–water partition coefficient (Wildman–Crippen LogP) is 1.25. The Bertz CT molecular complexity index is 559. The van der Waals surface area contributed by atoms with Crippen molar-refractivity contribution in [1.29, 1.82) is 0 Å². The van der Waals surface area contributed by atoms with E-state index in [-0.39, 0.29) is 15.8 Å². The Morgan fingerprint density at radius 3 is 2.63 bits per heavy atom. The second-order valence-electron chi connectivity index (χ2n) is 4.32. The topological polar surface area (TPSA) is 83.9 Å². The van der Waals surface area contributed by atoms with Gasteiger partial charge in [-0.25, -0.2) is 13.2 Å². The first-order chi connectivity index (χ1) is 8.93. The van der Waals surface area contributed by atoms with Crippen molar-refractivity contribution in [2.45, 2.75) is 23.1 Å². The first-order valence-electron chi connectivity index (χ1n) is 5.80. The molecule has 106 valence electrons. The second-order valence-corrected chi connectivity index (χ2v) is 7.46. The van der Waals surface area contributed by atoms with Crippen LogP contribution in [0.15, 0.2) is 15.7 Å². The number of carboxylic acids is 1. The maximum atomic E-state index is 12.4. The first-order valence-corrected chi connectivity index (χ1v) is 8.12. The van der Waals surface area contributed by atoms with Gasteiger partial charge in [0, 0.05) is 31.7 Å². The summed E-state index contributed by atoms with van der Waals surface area (Å²) < 4.78 is 31.3. The number of ether oxygens (including phenoxy) is 1. The van der Waals surface area contributed by atoms with E-state index in [4.69, 9.17) is 9.84 Å². The van der Waals surface area contributed by atoms with E-state index in [9.17, 15) is 13.2 Å². The summed E-state index contributed by atoms with van der Waals surface area (Å²) in [5, 5.41) is 10.2. The molecular weight excluding hydrogens is 290 g/mol. The largest absolute Gasteiger partial charge is 0.478 e. The number of hydrogen-bond acceptors (Lipinski definition) is 5. The van der Waals surface area contributed by atoms with Crippen LogP contribution >= 0.6 is 11.3 Å². The fraction of sp³-hybridized carbons (Fsp3) is 0.545. The number of aromatic carboxylic acids is 1. The minimum Gasteiger partial charge on any atom is -0.478 e. The molecule has 0 amide bonds. The number of nitrogens with zero attached hydrogens (tertiary/aromatic N) is 1. The van der Waals surface area contributed by atoms with E-state index in [0.717, 1.165) is 11.3 Å². The van der Waals surface area contributed by atoms with Crippen LogP contribution in [0.5, 0.6) is 0 Å². The molecule has 2 rings (SSSR count). The van der Waals surface area contributed by atoms with Crippen LogP contribution in [0.25, 0.3) is 0 Å². The van der Waals surface area contributed by atoms with Crippen molar-refractivity contribution in [2.24, 2.45) is 0 Å². The highest BCUT2D eigenvalue weighted by atomic mass is 32.2. The Kier molecular flexibility index (Phi) is 4.24. The number of hydrogen-bond donors (Lipinski definition) is 1. The zero-order valence-electron chi connectivity index (χ0n) is 10.4. The van der Waals surface area contributed by atoms with Gasteiger partial charge in [0.1, 0.15) is 4.21 Å². The van der Waals surface area contributed by atoms with Crippen LogP contribution in [0.2, 0.25) is 0 Å². The monoisotopic (exact) mass is 305 g/mol. The summed E-state index contributed by atoms with van der Waals surface area (Å²) in [6, 6.07) is 1.12. The predicted molar refractivity (Wildman–Crippen MR) is 70.1 cm³/mol. The smallest absolute Gasteiger partial charge is 0.336 e. The molecular formula is C11H15NO5S2. The summed E-state index contributed by atoms with van der Waals surface area (Å²) in [6.07, 6.45) is 1.32. The molecule has 0 bridgehead atoms. The number of carboxylic acid groups (broad SMARTS) is 1. The molecule has 1 aromatic rings. The molecule has 0 unspecified atom stereocenters. The van der Waals surface area contributed by atoms with E-state index in [0.29, 0.717) is 26.1 Å². The number of thiophene rings is 1. The molecule has 8 heteroatoms. The molecule has 1 aromatic heterocycles. The van der Waals surface area contributed by atoms with Gasteiger partial charge in [-0.15, -0.1) is 11.3 Å². The van der Waals surface area contributed by atoms with Gasteiger partial charge in [-0.2, -0.15) is 4.31 Å². The molecule has 19 heavy (non-hydrogen) atoms. The molecule has 2 heterocycles. The third-order valence-corrected chi connectivity index (χ3v) is 6.49. The maximum absolute atomic E-state index is 12.4. The van der Waals surface area contributed by atoms with Gasteiger partial charge in [0.2, 0.25) is 0 Å². The van der Waals surface area contributed by atoms with Gasteiger partial charge in [0.05, 0.1) is 5.56 Å². The van der Waals surface area contributed by atoms with Crippen LogP contribution in [0.3, 0.4) is 0 Å². The summed E-state index contributed by atoms with van der Waals surface area (Å²) in [5.74, 6) is -1.12. The summed E-state index contributed by atoms with van der Waals surface area (Å²) >= 11 is 0.935. The van der Waals surface area contributed by atoms with E-state index >= 15 is 0 Å². The van der Waals surface area contributed by atoms with Crippen molar-refractivity contribution in [3.05, 3.63) is 17.0 Å². The molecule has 0 aromatic carbocycles. The zero-order chi connectivity index (χ0) is 14.0. The van der Waals surface area contributed by atoms with Crippen LogP contribution in [-0.4, -0.2) is 50.1 Å². The molecule has 1 fully saturated rings. The molecule has 1 N–H and O–H groups in total. The molecule has 0 atom stereocenters. The highest BCUT2D eigenvalue weighted by molar-refractivity contribution is 7.91.